The Kier molecular flexibility index (Phi) is 8.96. The van der Waals surface area contributed by atoms with Gasteiger partial charge in [-0.25, -0.2) is 4.98 Å². The lowest BCUT2D eigenvalue weighted by atomic mass is 10.0. The summed E-state index contributed by atoms with van der Waals surface area (Å²) < 4.78 is 0. The van der Waals surface area contributed by atoms with Gasteiger partial charge in [-0.05, 0) is 24.1 Å². The zero-order valence-electron chi connectivity index (χ0n) is 12.9. The van der Waals surface area contributed by atoms with Crippen molar-refractivity contribution in [2.75, 3.05) is 11.5 Å². The lowest BCUT2D eigenvalue weighted by molar-refractivity contribution is -0.742. The SMILES string of the molecule is CCc1nc(N)nc(N)c1-c1ccc(Cl)cc1.O=[N+]([O-])O.O=[N+]([O-])O. The van der Waals surface area contributed by atoms with Gasteiger partial charge in [0.05, 0.1) is 5.69 Å². The summed E-state index contributed by atoms with van der Waals surface area (Å²) in [6.45, 7) is 2.00. The molecule has 0 amide bonds. The van der Waals surface area contributed by atoms with E-state index in [1.165, 1.54) is 0 Å². The van der Waals surface area contributed by atoms with Crippen LogP contribution in [0.5, 0.6) is 0 Å². The minimum Gasteiger partial charge on any atom is -0.383 e. The molecule has 0 saturated carbocycles. The van der Waals surface area contributed by atoms with Crippen LogP contribution in [0.4, 0.5) is 11.8 Å². The molecule has 25 heavy (non-hydrogen) atoms. The number of benzene rings is 1. The lowest BCUT2D eigenvalue weighted by Crippen LogP contribution is -2.06. The number of hydrogen-bond donors (Lipinski definition) is 4. The van der Waals surface area contributed by atoms with Crippen molar-refractivity contribution in [3.8, 4) is 11.1 Å². The van der Waals surface area contributed by atoms with Gasteiger partial charge in [-0.3, -0.25) is 0 Å². The summed E-state index contributed by atoms with van der Waals surface area (Å²) in [7, 11) is 0. The van der Waals surface area contributed by atoms with Gasteiger partial charge in [-0.2, -0.15) is 4.98 Å². The molecule has 0 fully saturated rings. The van der Waals surface area contributed by atoms with Crippen LogP contribution in [0.15, 0.2) is 24.3 Å². The average Bonchev–Trinajstić information content (AvgIpc) is 2.46. The fraction of sp³-hybridized carbons (Fsp3) is 0.167. The Hall–Kier alpha value is -3.41. The van der Waals surface area contributed by atoms with Crippen molar-refractivity contribution in [2.45, 2.75) is 13.3 Å². The first-order valence-corrected chi connectivity index (χ1v) is 6.80. The van der Waals surface area contributed by atoms with Crippen molar-refractivity contribution in [2.24, 2.45) is 0 Å². The van der Waals surface area contributed by atoms with Crippen molar-refractivity contribution in [1.29, 1.82) is 0 Å². The van der Waals surface area contributed by atoms with E-state index >= 15 is 0 Å². The van der Waals surface area contributed by atoms with Crippen molar-refractivity contribution in [3.63, 3.8) is 0 Å². The van der Waals surface area contributed by atoms with Crippen LogP contribution in [0.2, 0.25) is 5.02 Å². The van der Waals surface area contributed by atoms with Gasteiger partial charge in [0.25, 0.3) is 10.2 Å². The topological polar surface area (TPSA) is 205 Å². The Morgan fingerprint density at radius 1 is 1.08 bits per heavy atom. The predicted molar refractivity (Wildman–Crippen MR) is 88.2 cm³/mol. The molecule has 1 aromatic carbocycles. The summed E-state index contributed by atoms with van der Waals surface area (Å²) in [6, 6.07) is 7.41. The van der Waals surface area contributed by atoms with Crippen LogP contribution in [-0.4, -0.2) is 30.6 Å². The lowest BCUT2D eigenvalue weighted by Gasteiger charge is -2.10. The average molecular weight is 375 g/mol. The Morgan fingerprint density at radius 3 is 1.92 bits per heavy atom. The fourth-order valence-corrected chi connectivity index (χ4v) is 1.86. The molecule has 13 heteroatoms. The highest BCUT2D eigenvalue weighted by Crippen LogP contribution is 2.29. The van der Waals surface area contributed by atoms with Crippen molar-refractivity contribution < 1.29 is 20.6 Å². The van der Waals surface area contributed by atoms with E-state index < -0.39 is 10.2 Å². The van der Waals surface area contributed by atoms with E-state index in [4.69, 9.17) is 53.7 Å². The summed E-state index contributed by atoms with van der Waals surface area (Å²) in [5.41, 5.74) is 14.1. The van der Waals surface area contributed by atoms with E-state index in [-0.39, 0.29) is 5.95 Å². The third-order valence-corrected chi connectivity index (χ3v) is 2.75. The smallest absolute Gasteiger partial charge is 0.291 e. The first-order valence-electron chi connectivity index (χ1n) is 6.42. The molecule has 6 N–H and O–H groups in total. The molecule has 0 bridgehead atoms. The summed E-state index contributed by atoms with van der Waals surface area (Å²) in [5, 5.41) is 28.0. The molecule has 0 saturated heterocycles. The zero-order valence-corrected chi connectivity index (χ0v) is 13.6. The highest BCUT2D eigenvalue weighted by Gasteiger charge is 2.11. The molecule has 0 radical (unpaired) electrons. The van der Waals surface area contributed by atoms with Gasteiger partial charge in [-0.15, -0.1) is 20.2 Å². The molecule has 0 spiro atoms. The Morgan fingerprint density at radius 2 is 1.52 bits per heavy atom. The highest BCUT2D eigenvalue weighted by molar-refractivity contribution is 6.30. The Bertz CT molecular complexity index is 707. The van der Waals surface area contributed by atoms with Crippen LogP contribution in [0.1, 0.15) is 12.6 Å². The van der Waals surface area contributed by atoms with Crippen molar-refractivity contribution in [1.82, 2.24) is 9.97 Å². The van der Waals surface area contributed by atoms with Crippen LogP contribution in [0.3, 0.4) is 0 Å². The van der Waals surface area contributed by atoms with E-state index in [1.807, 2.05) is 31.2 Å². The number of nitrogen functional groups attached to an aromatic ring is 2. The molecule has 1 aromatic heterocycles. The highest BCUT2D eigenvalue weighted by atomic mass is 35.5. The molecule has 0 aliphatic carbocycles. The summed E-state index contributed by atoms with van der Waals surface area (Å²) in [4.78, 5) is 24.9. The third-order valence-electron chi connectivity index (χ3n) is 2.50. The first-order chi connectivity index (χ1) is 11.6. The number of halogens is 1. The molecule has 0 aliphatic heterocycles. The van der Waals surface area contributed by atoms with Gasteiger partial charge < -0.3 is 21.9 Å². The number of hydrogen-bond acceptors (Lipinski definition) is 8. The van der Waals surface area contributed by atoms with Crippen molar-refractivity contribution >= 4 is 23.4 Å². The number of rotatable bonds is 2. The third kappa shape index (κ3) is 8.71. The second kappa shape index (κ2) is 10.4. The second-order valence-electron chi connectivity index (χ2n) is 4.12. The van der Waals surface area contributed by atoms with E-state index in [2.05, 4.69) is 9.97 Å². The summed E-state index contributed by atoms with van der Waals surface area (Å²) in [6.07, 6.45) is 0.745. The normalized spacial score (nSPS) is 9.04. The molecular weight excluding hydrogens is 360 g/mol. The molecule has 0 aliphatic rings. The van der Waals surface area contributed by atoms with Gasteiger partial charge in [0.15, 0.2) is 0 Å². The molecule has 12 nitrogen and oxygen atoms in total. The van der Waals surface area contributed by atoms with Crippen LogP contribution < -0.4 is 11.5 Å². The van der Waals surface area contributed by atoms with Crippen molar-refractivity contribution in [3.05, 3.63) is 55.2 Å². The Balaban J connectivity index is 0.000000609. The van der Waals surface area contributed by atoms with E-state index in [0.29, 0.717) is 10.8 Å². The van der Waals surface area contributed by atoms with Gasteiger partial charge in [0, 0.05) is 10.6 Å². The standard InChI is InChI=1S/C12H13ClN4.2HNO3/c1-2-9-10(11(14)17-12(15)16-9)7-3-5-8(13)6-4-7;2*2-1(3)4/h3-6H,2H2,1H3,(H4,14,15,16,17);2*(H,2,3,4). The van der Waals surface area contributed by atoms with Gasteiger partial charge >= 0.3 is 0 Å². The monoisotopic (exact) mass is 374 g/mol. The quantitative estimate of drug-likeness (QED) is 0.442. The van der Waals surface area contributed by atoms with Crippen LogP contribution in [0, 0.1) is 20.2 Å². The summed E-state index contributed by atoms with van der Waals surface area (Å²) >= 11 is 5.86. The first kappa shape index (κ1) is 21.6. The maximum absolute atomic E-state index is 8.36. The summed E-state index contributed by atoms with van der Waals surface area (Å²) in [5.74, 6) is 0.605. The minimum atomic E-state index is -1.50. The minimum absolute atomic E-state index is 0.206. The van der Waals surface area contributed by atoms with E-state index in [9.17, 15) is 0 Å². The van der Waals surface area contributed by atoms with Gasteiger partial charge in [0.2, 0.25) is 5.95 Å². The van der Waals surface area contributed by atoms with Crippen LogP contribution in [-0.2, 0) is 6.42 Å². The number of nitrogens with two attached hydrogens (primary N) is 2. The Labute approximate surface area is 145 Å². The van der Waals surface area contributed by atoms with Crippen LogP contribution in [0.25, 0.3) is 11.1 Å². The van der Waals surface area contributed by atoms with Crippen LogP contribution >= 0.6 is 11.6 Å². The molecule has 0 unspecified atom stereocenters. The molecule has 1 heterocycles. The molecule has 2 rings (SSSR count). The largest absolute Gasteiger partial charge is 0.383 e. The predicted octanol–water partition coefficient (Wildman–Crippen LogP) is 1.83. The van der Waals surface area contributed by atoms with E-state index in [1.54, 1.807) is 0 Å². The molecule has 2 aromatic rings. The van der Waals surface area contributed by atoms with Gasteiger partial charge in [0.1, 0.15) is 5.82 Å². The van der Waals surface area contributed by atoms with E-state index in [0.717, 1.165) is 23.2 Å². The molecule has 0 atom stereocenters. The second-order valence-corrected chi connectivity index (χ2v) is 4.56. The number of anilines is 2. The number of aromatic nitrogens is 2. The molecule has 136 valence electrons. The molecular formula is C12H15ClN6O6. The maximum Gasteiger partial charge on any atom is 0.291 e. The fourth-order valence-electron chi connectivity index (χ4n) is 1.73. The maximum atomic E-state index is 8.36. The zero-order chi connectivity index (χ0) is 19.6. The number of nitrogens with zero attached hydrogens (tertiary/aromatic N) is 4. The number of aryl methyl sites for hydroxylation is 1. The van der Waals surface area contributed by atoms with Gasteiger partial charge in [-0.1, -0.05) is 30.7 Å².